The molecule has 0 heterocycles. The fourth-order valence-corrected chi connectivity index (χ4v) is 3.51. The molecule has 0 bridgehead atoms. The summed E-state index contributed by atoms with van der Waals surface area (Å²) < 4.78 is 40.7. The summed E-state index contributed by atoms with van der Waals surface area (Å²) in [5.41, 5.74) is 0.918. The molecule has 0 saturated carbocycles. The highest BCUT2D eigenvalue weighted by atomic mass is 32.2. The van der Waals surface area contributed by atoms with Crippen LogP contribution >= 0.6 is 0 Å². The molecule has 24 heavy (non-hydrogen) atoms. The minimum absolute atomic E-state index is 0.0231. The van der Waals surface area contributed by atoms with Crippen LogP contribution in [0.1, 0.15) is 15.9 Å². The van der Waals surface area contributed by atoms with E-state index in [0.29, 0.717) is 0 Å². The van der Waals surface area contributed by atoms with Gasteiger partial charge >= 0.3 is 5.97 Å². The average molecular weight is 350 g/mol. The van der Waals surface area contributed by atoms with Crippen molar-refractivity contribution < 1.29 is 27.4 Å². The van der Waals surface area contributed by atoms with E-state index in [1.165, 1.54) is 45.6 Å². The quantitative estimate of drug-likeness (QED) is 0.772. The second kappa shape index (κ2) is 6.92. The van der Waals surface area contributed by atoms with Crippen molar-refractivity contribution in [3.63, 3.8) is 0 Å². The third kappa shape index (κ3) is 3.21. The van der Waals surface area contributed by atoms with Gasteiger partial charge in [0, 0.05) is 6.07 Å². The summed E-state index contributed by atoms with van der Waals surface area (Å²) in [6.45, 7) is 1.86. The molecule has 2 rings (SSSR count). The van der Waals surface area contributed by atoms with Crippen LogP contribution in [0, 0.1) is 6.92 Å². The third-order valence-corrected chi connectivity index (χ3v) is 5.25. The predicted molar refractivity (Wildman–Crippen MR) is 87.5 cm³/mol. The molecular weight excluding hydrogens is 332 g/mol. The van der Waals surface area contributed by atoms with E-state index in [9.17, 15) is 13.2 Å². The van der Waals surface area contributed by atoms with Gasteiger partial charge in [0.05, 0.1) is 31.1 Å². The Morgan fingerprint density at radius 2 is 1.54 bits per heavy atom. The van der Waals surface area contributed by atoms with E-state index in [4.69, 9.17) is 14.2 Å². The second-order valence-electron chi connectivity index (χ2n) is 5.01. The van der Waals surface area contributed by atoms with Crippen LogP contribution in [0.3, 0.4) is 0 Å². The molecule has 128 valence electrons. The first-order chi connectivity index (χ1) is 11.3. The maximum Gasteiger partial charge on any atom is 0.341 e. The third-order valence-electron chi connectivity index (χ3n) is 3.50. The Morgan fingerprint density at radius 1 is 0.917 bits per heavy atom. The lowest BCUT2D eigenvalue weighted by atomic mass is 10.2. The smallest absolute Gasteiger partial charge is 0.341 e. The average Bonchev–Trinajstić information content (AvgIpc) is 2.59. The number of hydrogen-bond acceptors (Lipinski definition) is 6. The number of methoxy groups -OCH3 is 3. The van der Waals surface area contributed by atoms with Crippen molar-refractivity contribution in [3.05, 3.63) is 47.5 Å². The highest BCUT2D eigenvalue weighted by molar-refractivity contribution is 7.91. The van der Waals surface area contributed by atoms with Crippen molar-refractivity contribution >= 4 is 15.8 Å². The van der Waals surface area contributed by atoms with E-state index in [1.807, 2.05) is 6.92 Å². The van der Waals surface area contributed by atoms with Crippen molar-refractivity contribution in [2.45, 2.75) is 16.7 Å². The molecule has 0 atom stereocenters. The number of carbonyl (C=O) groups is 1. The standard InChI is InChI=1S/C17H18O6S/c1-11-5-7-12(8-6-11)24(19,20)13-9-14(17(18)23-4)16(22-3)15(10-13)21-2/h5-10H,1-4H3. The predicted octanol–water partition coefficient (Wildman–Crippen LogP) is 2.63. The molecule has 0 aliphatic rings. The van der Waals surface area contributed by atoms with Crippen molar-refractivity contribution in [3.8, 4) is 11.5 Å². The molecule has 0 amide bonds. The van der Waals surface area contributed by atoms with Gasteiger partial charge in [-0.1, -0.05) is 17.7 Å². The van der Waals surface area contributed by atoms with Gasteiger partial charge < -0.3 is 14.2 Å². The maximum atomic E-state index is 12.8. The lowest BCUT2D eigenvalue weighted by Gasteiger charge is -2.14. The Bertz CT molecular complexity index is 853. The molecule has 0 saturated heterocycles. The second-order valence-corrected chi connectivity index (χ2v) is 6.96. The molecule has 6 nitrogen and oxygen atoms in total. The zero-order valence-corrected chi connectivity index (χ0v) is 14.6. The van der Waals surface area contributed by atoms with Gasteiger partial charge in [0.2, 0.25) is 9.84 Å². The monoisotopic (exact) mass is 350 g/mol. The van der Waals surface area contributed by atoms with Crippen LogP contribution in [0.15, 0.2) is 46.2 Å². The number of carbonyl (C=O) groups excluding carboxylic acids is 1. The molecule has 7 heteroatoms. The van der Waals surface area contributed by atoms with E-state index in [0.717, 1.165) is 5.56 Å². The van der Waals surface area contributed by atoms with Gasteiger partial charge in [-0.05, 0) is 25.1 Å². The van der Waals surface area contributed by atoms with Crippen molar-refractivity contribution in [1.29, 1.82) is 0 Å². The van der Waals surface area contributed by atoms with Gasteiger partial charge in [-0.2, -0.15) is 0 Å². The molecule has 0 N–H and O–H groups in total. The van der Waals surface area contributed by atoms with Crippen molar-refractivity contribution in [1.82, 2.24) is 0 Å². The molecule has 0 fully saturated rings. The molecule has 0 aromatic heterocycles. The molecule has 0 unspecified atom stereocenters. The maximum absolute atomic E-state index is 12.8. The Labute approximate surface area is 140 Å². The summed E-state index contributed by atoms with van der Waals surface area (Å²) in [7, 11) is 0.105. The fraction of sp³-hybridized carbons (Fsp3) is 0.235. The van der Waals surface area contributed by atoms with Gasteiger partial charge in [-0.15, -0.1) is 0 Å². The van der Waals surface area contributed by atoms with E-state index >= 15 is 0 Å². The Hall–Kier alpha value is -2.54. The summed E-state index contributed by atoms with van der Waals surface area (Å²) in [6.07, 6.45) is 0. The lowest BCUT2D eigenvalue weighted by molar-refractivity contribution is 0.0596. The molecule has 2 aromatic carbocycles. The summed E-state index contributed by atoms with van der Waals surface area (Å²) in [5.74, 6) is -0.468. The van der Waals surface area contributed by atoms with Crippen LogP contribution in [-0.2, 0) is 14.6 Å². The van der Waals surface area contributed by atoms with E-state index in [2.05, 4.69) is 0 Å². The van der Waals surface area contributed by atoms with Gasteiger partial charge in [-0.25, -0.2) is 13.2 Å². The molecule has 0 aliphatic carbocycles. The van der Waals surface area contributed by atoms with Crippen LogP contribution in [0.5, 0.6) is 11.5 Å². The van der Waals surface area contributed by atoms with Gasteiger partial charge in [0.1, 0.15) is 5.56 Å². The number of rotatable bonds is 5. The van der Waals surface area contributed by atoms with Gasteiger partial charge in [0.15, 0.2) is 11.5 Å². The normalized spacial score (nSPS) is 11.0. The van der Waals surface area contributed by atoms with Crippen LogP contribution in [0.2, 0.25) is 0 Å². The number of esters is 1. The van der Waals surface area contributed by atoms with Crippen LogP contribution < -0.4 is 9.47 Å². The lowest BCUT2D eigenvalue weighted by Crippen LogP contribution is -2.09. The minimum atomic E-state index is -3.82. The summed E-state index contributed by atoms with van der Waals surface area (Å²) in [5, 5.41) is 0. The molecule has 2 aromatic rings. The van der Waals surface area contributed by atoms with Gasteiger partial charge in [-0.3, -0.25) is 0 Å². The zero-order chi connectivity index (χ0) is 17.9. The Balaban J connectivity index is 2.70. The van der Waals surface area contributed by atoms with Crippen LogP contribution in [-0.4, -0.2) is 35.7 Å². The highest BCUT2D eigenvalue weighted by Crippen LogP contribution is 2.36. The van der Waals surface area contributed by atoms with E-state index in [-0.39, 0.29) is 26.9 Å². The zero-order valence-electron chi connectivity index (χ0n) is 13.8. The SMILES string of the molecule is COC(=O)c1cc(S(=O)(=O)c2ccc(C)cc2)cc(OC)c1OC. The van der Waals surface area contributed by atoms with E-state index in [1.54, 1.807) is 12.1 Å². The first kappa shape index (κ1) is 17.8. The molecular formula is C17H18O6S. The highest BCUT2D eigenvalue weighted by Gasteiger charge is 2.25. The number of ether oxygens (including phenoxy) is 3. The number of benzene rings is 2. The summed E-state index contributed by atoms with van der Waals surface area (Å²) in [4.78, 5) is 12.0. The summed E-state index contributed by atoms with van der Waals surface area (Å²) >= 11 is 0. The van der Waals surface area contributed by atoms with Crippen molar-refractivity contribution in [2.75, 3.05) is 21.3 Å². The summed E-state index contributed by atoms with van der Waals surface area (Å²) in [6, 6.07) is 8.98. The first-order valence-electron chi connectivity index (χ1n) is 7.01. The molecule has 0 aliphatic heterocycles. The Kier molecular flexibility index (Phi) is 5.14. The van der Waals surface area contributed by atoms with Gasteiger partial charge in [0.25, 0.3) is 0 Å². The first-order valence-corrected chi connectivity index (χ1v) is 8.49. The molecule has 0 radical (unpaired) electrons. The fourth-order valence-electron chi connectivity index (χ4n) is 2.21. The Morgan fingerprint density at radius 3 is 2.04 bits per heavy atom. The number of aryl methyl sites for hydroxylation is 1. The largest absolute Gasteiger partial charge is 0.493 e. The van der Waals surface area contributed by atoms with Crippen LogP contribution in [0.4, 0.5) is 0 Å². The van der Waals surface area contributed by atoms with E-state index < -0.39 is 15.8 Å². The number of hydrogen-bond donors (Lipinski definition) is 0. The topological polar surface area (TPSA) is 78.9 Å². The molecule has 0 spiro atoms. The van der Waals surface area contributed by atoms with Crippen LogP contribution in [0.25, 0.3) is 0 Å². The number of sulfone groups is 1. The minimum Gasteiger partial charge on any atom is -0.493 e. The van der Waals surface area contributed by atoms with Crippen molar-refractivity contribution in [2.24, 2.45) is 0 Å².